The minimum atomic E-state index is 0.788. The molecule has 0 aliphatic rings. The molecule has 0 unspecified atom stereocenters. The van der Waals surface area contributed by atoms with Gasteiger partial charge in [-0.15, -0.1) is 0 Å². The fraction of sp³-hybridized carbons (Fsp3) is 0.455. The van der Waals surface area contributed by atoms with E-state index in [1.807, 2.05) is 6.08 Å². The van der Waals surface area contributed by atoms with Crippen molar-refractivity contribution >= 4 is 0 Å². The number of unbranched alkanes of at least 4 members (excludes halogenated alkanes) is 1. The lowest BCUT2D eigenvalue weighted by atomic mass is 10.1. The van der Waals surface area contributed by atoms with Gasteiger partial charge in [0.1, 0.15) is 5.76 Å². The Kier molecular flexibility index (Phi) is 6.16. The highest BCUT2D eigenvalue weighted by molar-refractivity contribution is 5.22. The van der Waals surface area contributed by atoms with Gasteiger partial charge in [0.25, 0.3) is 0 Å². The van der Waals surface area contributed by atoms with E-state index in [9.17, 15) is 0 Å². The normalized spacial score (nSPS) is 11.0. The first-order chi connectivity index (χ1) is 5.74. The summed E-state index contributed by atoms with van der Waals surface area (Å²) in [5.74, 6) is 0.788. The van der Waals surface area contributed by atoms with Crippen molar-refractivity contribution in [2.75, 3.05) is 7.11 Å². The van der Waals surface area contributed by atoms with Gasteiger partial charge >= 0.3 is 0 Å². The smallest absolute Gasteiger partial charge is 0.118 e. The second-order valence-electron chi connectivity index (χ2n) is 2.72. The summed E-state index contributed by atoms with van der Waals surface area (Å²) in [7, 11) is 1.64. The molecule has 0 aliphatic heterocycles. The topological polar surface area (TPSA) is 9.23 Å². The summed E-state index contributed by atoms with van der Waals surface area (Å²) >= 11 is 0. The summed E-state index contributed by atoms with van der Waals surface area (Å²) in [4.78, 5) is 0. The summed E-state index contributed by atoms with van der Waals surface area (Å²) < 4.78 is 5.03. The average molecular weight is 166 g/mol. The van der Waals surface area contributed by atoms with Crippen LogP contribution < -0.4 is 0 Å². The molecule has 0 N–H and O–H groups in total. The molecule has 0 aromatic carbocycles. The van der Waals surface area contributed by atoms with E-state index in [1.54, 1.807) is 13.2 Å². The molecule has 12 heavy (non-hydrogen) atoms. The molecule has 0 saturated carbocycles. The first-order valence-electron chi connectivity index (χ1n) is 4.30. The van der Waals surface area contributed by atoms with E-state index >= 15 is 0 Å². The molecule has 0 atom stereocenters. The molecule has 1 nitrogen and oxygen atoms in total. The first-order valence-corrected chi connectivity index (χ1v) is 4.30. The van der Waals surface area contributed by atoms with Gasteiger partial charge in [-0.3, -0.25) is 0 Å². The number of hydrogen-bond acceptors (Lipinski definition) is 1. The molecule has 0 rings (SSSR count). The average Bonchev–Trinajstić information content (AvgIpc) is 2.10. The van der Waals surface area contributed by atoms with Crippen LogP contribution in [-0.4, -0.2) is 7.11 Å². The Balaban J connectivity index is 3.93. The Labute approximate surface area is 75.4 Å². The molecule has 0 spiro atoms. The fourth-order valence-electron chi connectivity index (χ4n) is 0.878. The molecule has 0 saturated heterocycles. The van der Waals surface area contributed by atoms with Gasteiger partial charge < -0.3 is 4.74 Å². The molecule has 0 amide bonds. The standard InChI is InChI=1S/C11H18O/c1-5-7-8-10(3)9-11(6-2)12-4/h6,9H,2-3,5,7-8H2,1,4H3. The highest BCUT2D eigenvalue weighted by Gasteiger charge is 1.92. The Bertz CT molecular complexity index is 177. The maximum atomic E-state index is 5.03. The predicted molar refractivity (Wildman–Crippen MR) is 54.0 cm³/mol. The monoisotopic (exact) mass is 166 g/mol. The van der Waals surface area contributed by atoms with Crippen molar-refractivity contribution in [2.45, 2.75) is 26.2 Å². The molecule has 1 heteroatoms. The number of allylic oxidation sites excluding steroid dienone is 3. The zero-order chi connectivity index (χ0) is 9.40. The third-order valence-corrected chi connectivity index (χ3v) is 1.63. The van der Waals surface area contributed by atoms with Gasteiger partial charge in [0.05, 0.1) is 7.11 Å². The highest BCUT2D eigenvalue weighted by Crippen LogP contribution is 2.09. The van der Waals surface area contributed by atoms with Crippen molar-refractivity contribution in [3.8, 4) is 0 Å². The van der Waals surface area contributed by atoms with Crippen LogP contribution in [0.1, 0.15) is 26.2 Å². The minimum absolute atomic E-state index is 0.788. The summed E-state index contributed by atoms with van der Waals surface area (Å²) in [6.07, 6.45) is 7.05. The molecule has 0 aromatic heterocycles. The van der Waals surface area contributed by atoms with Crippen LogP contribution in [0.2, 0.25) is 0 Å². The van der Waals surface area contributed by atoms with Gasteiger partial charge in [0.2, 0.25) is 0 Å². The van der Waals surface area contributed by atoms with E-state index < -0.39 is 0 Å². The van der Waals surface area contributed by atoms with E-state index in [0.717, 1.165) is 17.8 Å². The lowest BCUT2D eigenvalue weighted by molar-refractivity contribution is 0.306. The van der Waals surface area contributed by atoms with Crippen molar-refractivity contribution in [2.24, 2.45) is 0 Å². The summed E-state index contributed by atoms with van der Waals surface area (Å²) in [5.41, 5.74) is 1.11. The van der Waals surface area contributed by atoms with E-state index in [-0.39, 0.29) is 0 Å². The molecular weight excluding hydrogens is 148 g/mol. The van der Waals surface area contributed by atoms with Gasteiger partial charge in [-0.05, 0) is 25.0 Å². The summed E-state index contributed by atoms with van der Waals surface area (Å²) in [6.45, 7) is 9.72. The zero-order valence-corrected chi connectivity index (χ0v) is 8.10. The number of rotatable bonds is 6. The molecule has 0 heterocycles. The highest BCUT2D eigenvalue weighted by atomic mass is 16.5. The van der Waals surface area contributed by atoms with Crippen LogP contribution in [0.4, 0.5) is 0 Å². The molecule has 0 aromatic rings. The van der Waals surface area contributed by atoms with Crippen LogP contribution in [0.15, 0.2) is 36.6 Å². The van der Waals surface area contributed by atoms with E-state index in [1.165, 1.54) is 12.8 Å². The van der Waals surface area contributed by atoms with Crippen LogP contribution in [0, 0.1) is 0 Å². The maximum Gasteiger partial charge on any atom is 0.118 e. The Morgan fingerprint density at radius 2 is 2.17 bits per heavy atom. The third kappa shape index (κ3) is 4.78. The van der Waals surface area contributed by atoms with Crippen LogP contribution in [0.5, 0.6) is 0 Å². The van der Waals surface area contributed by atoms with E-state index in [4.69, 9.17) is 4.74 Å². The van der Waals surface area contributed by atoms with Gasteiger partial charge in [-0.25, -0.2) is 0 Å². The Morgan fingerprint density at radius 1 is 1.50 bits per heavy atom. The van der Waals surface area contributed by atoms with Gasteiger partial charge in [0.15, 0.2) is 0 Å². The Morgan fingerprint density at radius 3 is 2.58 bits per heavy atom. The number of methoxy groups -OCH3 is 1. The summed E-state index contributed by atoms with van der Waals surface area (Å²) in [6, 6.07) is 0. The lowest BCUT2D eigenvalue weighted by Gasteiger charge is -2.01. The quantitative estimate of drug-likeness (QED) is 0.434. The van der Waals surface area contributed by atoms with Crippen LogP contribution in [0.25, 0.3) is 0 Å². The molecule has 0 radical (unpaired) electrons. The van der Waals surface area contributed by atoms with Crippen molar-refractivity contribution < 1.29 is 4.74 Å². The molecule has 0 aliphatic carbocycles. The Hall–Kier alpha value is -0.980. The van der Waals surface area contributed by atoms with Gasteiger partial charge in [-0.2, -0.15) is 0 Å². The second kappa shape index (κ2) is 6.71. The lowest BCUT2D eigenvalue weighted by Crippen LogP contribution is -1.84. The third-order valence-electron chi connectivity index (χ3n) is 1.63. The van der Waals surface area contributed by atoms with Crippen molar-refractivity contribution in [1.29, 1.82) is 0 Å². The molecule has 0 fully saturated rings. The number of ether oxygens (including phenoxy) is 1. The van der Waals surface area contributed by atoms with E-state index in [0.29, 0.717) is 0 Å². The van der Waals surface area contributed by atoms with Crippen molar-refractivity contribution in [1.82, 2.24) is 0 Å². The maximum absolute atomic E-state index is 5.03. The predicted octanol–water partition coefficient (Wildman–Crippen LogP) is 3.45. The van der Waals surface area contributed by atoms with Crippen LogP contribution in [0.3, 0.4) is 0 Å². The molecular formula is C11H18O. The van der Waals surface area contributed by atoms with Crippen LogP contribution in [-0.2, 0) is 4.74 Å². The summed E-state index contributed by atoms with van der Waals surface area (Å²) in [5, 5.41) is 0. The van der Waals surface area contributed by atoms with Gasteiger partial charge in [0, 0.05) is 0 Å². The van der Waals surface area contributed by atoms with Crippen molar-refractivity contribution in [3.05, 3.63) is 36.6 Å². The molecule has 0 bridgehead atoms. The SMILES string of the molecule is C=CC(=CC(=C)CCCC)OC. The zero-order valence-electron chi connectivity index (χ0n) is 8.10. The fourth-order valence-corrected chi connectivity index (χ4v) is 0.878. The van der Waals surface area contributed by atoms with Crippen molar-refractivity contribution in [3.63, 3.8) is 0 Å². The first kappa shape index (κ1) is 11.0. The molecule has 68 valence electrons. The minimum Gasteiger partial charge on any atom is -0.497 e. The second-order valence-corrected chi connectivity index (χ2v) is 2.72. The van der Waals surface area contributed by atoms with Crippen LogP contribution >= 0.6 is 0 Å². The number of hydrogen-bond donors (Lipinski definition) is 0. The van der Waals surface area contributed by atoms with E-state index in [2.05, 4.69) is 20.1 Å². The largest absolute Gasteiger partial charge is 0.497 e. The van der Waals surface area contributed by atoms with Gasteiger partial charge in [-0.1, -0.05) is 32.1 Å².